The van der Waals surface area contributed by atoms with Gasteiger partial charge in [-0.1, -0.05) is 23.7 Å². The number of aromatic amines is 1. The molecule has 0 aliphatic rings. The number of hydrogen-bond acceptors (Lipinski definition) is 5. The predicted octanol–water partition coefficient (Wildman–Crippen LogP) is 5.51. The van der Waals surface area contributed by atoms with Crippen LogP contribution in [0.25, 0.3) is 22.4 Å². The minimum Gasteiger partial charge on any atom is -0.496 e. The van der Waals surface area contributed by atoms with Crippen LogP contribution in [0.3, 0.4) is 0 Å². The van der Waals surface area contributed by atoms with Crippen molar-refractivity contribution in [3.8, 4) is 28.6 Å². The number of hydrogen-bond donors (Lipinski definition) is 2. The van der Waals surface area contributed by atoms with Crippen LogP contribution in [0, 0.1) is 0 Å². The molecule has 0 bridgehead atoms. The van der Waals surface area contributed by atoms with Gasteiger partial charge in [0, 0.05) is 16.8 Å². The Hall–Kier alpha value is -3.71. The molecule has 152 valence electrons. The van der Waals surface area contributed by atoms with Crippen LogP contribution in [0.15, 0.2) is 60.7 Å². The van der Waals surface area contributed by atoms with Gasteiger partial charge in [0.1, 0.15) is 28.6 Å². The molecule has 0 aliphatic carbocycles. The molecule has 0 atom stereocenters. The molecule has 7 nitrogen and oxygen atoms in total. The number of anilines is 1. The van der Waals surface area contributed by atoms with Crippen LogP contribution in [0.5, 0.6) is 17.2 Å². The van der Waals surface area contributed by atoms with Gasteiger partial charge in [0.15, 0.2) is 0 Å². The number of nitrogens with one attached hydrogen (secondary N) is 2. The van der Waals surface area contributed by atoms with E-state index >= 15 is 0 Å². The van der Waals surface area contributed by atoms with E-state index in [-0.39, 0.29) is 0 Å². The second-order valence-electron chi connectivity index (χ2n) is 6.33. The highest BCUT2D eigenvalue weighted by Gasteiger charge is 2.17. The Morgan fingerprint density at radius 2 is 1.73 bits per heavy atom. The van der Waals surface area contributed by atoms with Crippen molar-refractivity contribution in [2.24, 2.45) is 0 Å². The summed E-state index contributed by atoms with van der Waals surface area (Å²) in [5, 5.41) is 3.16. The van der Waals surface area contributed by atoms with Gasteiger partial charge in [0.2, 0.25) is 0 Å². The Morgan fingerprint density at radius 3 is 2.43 bits per heavy atom. The first-order chi connectivity index (χ1) is 14.6. The first-order valence-corrected chi connectivity index (χ1v) is 9.40. The fraction of sp³-hybridized carbons (Fsp3) is 0.0909. The van der Waals surface area contributed by atoms with E-state index in [9.17, 15) is 4.79 Å². The molecule has 4 rings (SSSR count). The summed E-state index contributed by atoms with van der Waals surface area (Å²) in [5.41, 5.74) is 2.66. The first-order valence-electron chi connectivity index (χ1n) is 9.03. The number of amides is 1. The van der Waals surface area contributed by atoms with Crippen molar-refractivity contribution in [1.29, 1.82) is 0 Å². The van der Waals surface area contributed by atoms with Crippen LogP contribution < -0.4 is 19.5 Å². The molecule has 1 amide bonds. The SMILES string of the molecule is COc1cccc(OC)c1-c1nc2ccc(OC(=O)Nc3cccc(Cl)c3)cc2[nH]1. The summed E-state index contributed by atoms with van der Waals surface area (Å²) in [4.78, 5) is 20.0. The number of carbonyl (C=O) groups is 1. The number of rotatable bonds is 5. The lowest BCUT2D eigenvalue weighted by molar-refractivity contribution is 0.215. The number of halogens is 1. The van der Waals surface area contributed by atoms with Crippen LogP contribution in [0.2, 0.25) is 5.02 Å². The monoisotopic (exact) mass is 423 g/mol. The molecule has 3 aromatic carbocycles. The highest BCUT2D eigenvalue weighted by atomic mass is 35.5. The maximum atomic E-state index is 12.2. The number of H-pyrrole nitrogens is 1. The number of fused-ring (bicyclic) bond motifs is 1. The molecule has 1 aromatic heterocycles. The molecule has 0 fully saturated rings. The zero-order valence-electron chi connectivity index (χ0n) is 16.2. The van der Waals surface area contributed by atoms with E-state index in [1.807, 2.05) is 18.2 Å². The summed E-state index contributed by atoms with van der Waals surface area (Å²) in [6.45, 7) is 0. The quantitative estimate of drug-likeness (QED) is 0.442. The van der Waals surface area contributed by atoms with Gasteiger partial charge in [-0.15, -0.1) is 0 Å². The number of carbonyl (C=O) groups excluding carboxylic acids is 1. The summed E-state index contributed by atoms with van der Waals surface area (Å²) < 4.78 is 16.3. The van der Waals surface area contributed by atoms with Gasteiger partial charge in [-0.05, 0) is 42.5 Å². The lowest BCUT2D eigenvalue weighted by Crippen LogP contribution is -2.16. The number of imidazole rings is 1. The normalized spacial score (nSPS) is 10.6. The molecule has 1 heterocycles. The fourth-order valence-electron chi connectivity index (χ4n) is 3.07. The van der Waals surface area contributed by atoms with Crippen molar-refractivity contribution in [3.05, 3.63) is 65.7 Å². The summed E-state index contributed by atoms with van der Waals surface area (Å²) >= 11 is 5.93. The number of nitrogens with zero attached hydrogens (tertiary/aromatic N) is 1. The third kappa shape index (κ3) is 4.01. The highest BCUT2D eigenvalue weighted by molar-refractivity contribution is 6.30. The number of methoxy groups -OCH3 is 2. The van der Waals surface area contributed by atoms with Crippen molar-refractivity contribution in [3.63, 3.8) is 0 Å². The van der Waals surface area contributed by atoms with E-state index in [1.165, 1.54) is 0 Å². The standard InChI is InChI=1S/C22H18ClN3O4/c1-28-18-7-4-8-19(29-2)20(18)21-25-16-10-9-15(12-17(16)26-21)30-22(27)24-14-6-3-5-13(23)11-14/h3-12H,1-2H3,(H,24,27)(H,25,26). The number of ether oxygens (including phenoxy) is 3. The lowest BCUT2D eigenvalue weighted by Gasteiger charge is -2.10. The Morgan fingerprint density at radius 1 is 1.00 bits per heavy atom. The molecule has 0 aliphatic heterocycles. The van der Waals surface area contributed by atoms with Crippen LogP contribution in [0.1, 0.15) is 0 Å². The van der Waals surface area contributed by atoms with E-state index in [0.29, 0.717) is 50.4 Å². The van der Waals surface area contributed by atoms with Gasteiger partial charge < -0.3 is 19.2 Å². The molecule has 0 saturated heterocycles. The average molecular weight is 424 g/mol. The van der Waals surface area contributed by atoms with Crippen molar-refractivity contribution in [2.75, 3.05) is 19.5 Å². The zero-order chi connectivity index (χ0) is 21.1. The van der Waals surface area contributed by atoms with Gasteiger partial charge in [-0.2, -0.15) is 0 Å². The largest absolute Gasteiger partial charge is 0.496 e. The number of aromatic nitrogens is 2. The van der Waals surface area contributed by atoms with Crippen LogP contribution in [-0.2, 0) is 0 Å². The Balaban J connectivity index is 1.60. The molecule has 30 heavy (non-hydrogen) atoms. The third-order valence-electron chi connectivity index (χ3n) is 4.40. The Kier molecular flexibility index (Phi) is 5.45. The van der Waals surface area contributed by atoms with E-state index in [2.05, 4.69) is 15.3 Å². The average Bonchev–Trinajstić information content (AvgIpc) is 3.15. The second kappa shape index (κ2) is 8.34. The van der Waals surface area contributed by atoms with Crippen LogP contribution >= 0.6 is 11.6 Å². The summed E-state index contributed by atoms with van der Waals surface area (Å²) in [6, 6.07) is 17.5. The molecular formula is C22H18ClN3O4. The van der Waals surface area contributed by atoms with E-state index in [4.69, 9.17) is 25.8 Å². The molecule has 0 spiro atoms. The first kappa shape index (κ1) is 19.6. The minimum absolute atomic E-state index is 0.365. The number of benzene rings is 3. The molecule has 0 radical (unpaired) electrons. The summed E-state index contributed by atoms with van der Waals surface area (Å²) in [7, 11) is 3.18. The maximum absolute atomic E-state index is 12.2. The molecule has 4 aromatic rings. The maximum Gasteiger partial charge on any atom is 0.417 e. The van der Waals surface area contributed by atoms with E-state index in [0.717, 1.165) is 0 Å². The van der Waals surface area contributed by atoms with Gasteiger partial charge in [-0.25, -0.2) is 9.78 Å². The van der Waals surface area contributed by atoms with Gasteiger partial charge in [-0.3, -0.25) is 5.32 Å². The van der Waals surface area contributed by atoms with Crippen molar-refractivity contribution < 1.29 is 19.0 Å². The van der Waals surface area contributed by atoms with Gasteiger partial charge >= 0.3 is 6.09 Å². The van der Waals surface area contributed by atoms with Gasteiger partial charge in [0.05, 0.1) is 25.3 Å². The molecule has 2 N–H and O–H groups in total. The highest BCUT2D eigenvalue weighted by Crippen LogP contribution is 2.37. The van der Waals surface area contributed by atoms with Gasteiger partial charge in [0.25, 0.3) is 0 Å². The fourth-order valence-corrected chi connectivity index (χ4v) is 3.26. The minimum atomic E-state index is -0.622. The molecule has 0 unspecified atom stereocenters. The van der Waals surface area contributed by atoms with Crippen LogP contribution in [-0.4, -0.2) is 30.3 Å². The molecular weight excluding hydrogens is 406 g/mol. The Labute approximate surface area is 177 Å². The lowest BCUT2D eigenvalue weighted by atomic mass is 10.1. The predicted molar refractivity (Wildman–Crippen MR) is 116 cm³/mol. The topological polar surface area (TPSA) is 85.5 Å². The summed E-state index contributed by atoms with van der Waals surface area (Å²) in [5.74, 6) is 2.21. The second-order valence-corrected chi connectivity index (χ2v) is 6.76. The Bertz CT molecular complexity index is 1200. The third-order valence-corrected chi connectivity index (χ3v) is 4.63. The van der Waals surface area contributed by atoms with Crippen molar-refractivity contribution >= 4 is 34.4 Å². The van der Waals surface area contributed by atoms with Crippen LogP contribution in [0.4, 0.5) is 10.5 Å². The smallest absolute Gasteiger partial charge is 0.417 e. The van der Waals surface area contributed by atoms with E-state index in [1.54, 1.807) is 56.7 Å². The zero-order valence-corrected chi connectivity index (χ0v) is 17.0. The molecule has 0 saturated carbocycles. The van der Waals surface area contributed by atoms with Crippen molar-refractivity contribution in [2.45, 2.75) is 0 Å². The molecule has 8 heteroatoms. The van der Waals surface area contributed by atoms with Crippen molar-refractivity contribution in [1.82, 2.24) is 9.97 Å². The summed E-state index contributed by atoms with van der Waals surface area (Å²) in [6.07, 6.45) is -0.622. The van der Waals surface area contributed by atoms with E-state index < -0.39 is 6.09 Å².